The number of nitrogens with zero attached hydrogens (tertiary/aromatic N) is 4. The molecule has 0 aliphatic rings. The van der Waals surface area contributed by atoms with Crippen LogP contribution < -0.4 is 25.3 Å². The molecule has 0 saturated heterocycles. The summed E-state index contributed by atoms with van der Waals surface area (Å²) in [4.78, 5) is 49.2. The van der Waals surface area contributed by atoms with E-state index in [9.17, 15) is 14.4 Å². The number of hydrogen-bond acceptors (Lipinski definition) is 8. The molecule has 0 aliphatic carbocycles. The maximum absolute atomic E-state index is 13.6. The third-order valence-corrected chi connectivity index (χ3v) is 6.14. The molecule has 0 spiro atoms. The van der Waals surface area contributed by atoms with Crippen LogP contribution in [-0.2, 0) is 11.3 Å². The van der Waals surface area contributed by atoms with Gasteiger partial charge < -0.3 is 23.5 Å². The van der Waals surface area contributed by atoms with Crippen molar-refractivity contribution in [2.75, 3.05) is 27.9 Å². The number of ether oxygens (including phenoxy) is 4. The van der Waals surface area contributed by atoms with Gasteiger partial charge in [0, 0.05) is 18.3 Å². The number of carbonyl (C=O) groups is 2. The lowest BCUT2D eigenvalue weighted by atomic mass is 10.1. The summed E-state index contributed by atoms with van der Waals surface area (Å²) in [5.74, 6) is -0.497. The number of aryl methyl sites for hydroxylation is 1. The molecule has 1 amide bonds. The number of pyridine rings is 2. The van der Waals surface area contributed by atoms with Crippen molar-refractivity contribution in [3.05, 3.63) is 69.6 Å². The standard InChI is InChI=1S/C28H30N4O7/c1-6-8-12-32-24-18(27(34)31-13-10-9-11-22(31)29-24)16-19(28(35)39-7-2)25(32)30-26(33)17-14-20(36-3)23(38-5)21(15-17)37-4/h9-11,13-16H,6-8,12H2,1-5H3. The van der Waals surface area contributed by atoms with Crippen LogP contribution in [0.3, 0.4) is 0 Å². The second kappa shape index (κ2) is 11.8. The van der Waals surface area contributed by atoms with Crippen molar-refractivity contribution >= 4 is 28.6 Å². The Morgan fingerprint density at radius 1 is 1.00 bits per heavy atom. The zero-order valence-electron chi connectivity index (χ0n) is 22.5. The van der Waals surface area contributed by atoms with Crippen LogP contribution in [0.4, 0.5) is 0 Å². The van der Waals surface area contributed by atoms with E-state index in [1.54, 1.807) is 35.9 Å². The van der Waals surface area contributed by atoms with Crippen molar-refractivity contribution in [1.29, 1.82) is 0 Å². The smallest absolute Gasteiger partial charge is 0.341 e. The van der Waals surface area contributed by atoms with E-state index in [1.165, 1.54) is 43.9 Å². The van der Waals surface area contributed by atoms with E-state index in [0.717, 1.165) is 6.42 Å². The Bertz CT molecular complexity index is 1660. The molecule has 0 radical (unpaired) electrons. The number of benzene rings is 1. The summed E-state index contributed by atoms with van der Waals surface area (Å²) >= 11 is 0. The van der Waals surface area contributed by atoms with Crippen LogP contribution in [0, 0.1) is 0 Å². The Hall–Kier alpha value is -4.67. The number of fused-ring (bicyclic) bond motifs is 2. The Balaban J connectivity index is 2.08. The Morgan fingerprint density at radius 3 is 2.33 bits per heavy atom. The molecule has 11 heteroatoms. The van der Waals surface area contributed by atoms with Crippen LogP contribution >= 0.6 is 0 Å². The first-order chi connectivity index (χ1) is 18.9. The maximum Gasteiger partial charge on any atom is 0.341 e. The molecule has 0 aliphatic heterocycles. The summed E-state index contributed by atoms with van der Waals surface area (Å²) in [5.41, 5.74) is 0.549. The first-order valence-electron chi connectivity index (χ1n) is 12.5. The number of rotatable bonds is 9. The quantitative estimate of drug-likeness (QED) is 0.237. The summed E-state index contributed by atoms with van der Waals surface area (Å²) < 4.78 is 24.4. The van der Waals surface area contributed by atoms with Crippen molar-refractivity contribution in [2.45, 2.75) is 33.2 Å². The van der Waals surface area contributed by atoms with E-state index >= 15 is 0 Å². The van der Waals surface area contributed by atoms with Gasteiger partial charge in [-0.25, -0.2) is 9.78 Å². The van der Waals surface area contributed by atoms with Crippen molar-refractivity contribution in [3.63, 3.8) is 0 Å². The lowest BCUT2D eigenvalue weighted by Crippen LogP contribution is -2.33. The number of esters is 1. The minimum atomic E-state index is -0.710. The van der Waals surface area contributed by atoms with Gasteiger partial charge in [0.15, 0.2) is 17.0 Å². The van der Waals surface area contributed by atoms with Gasteiger partial charge in [0.25, 0.3) is 11.5 Å². The lowest BCUT2D eigenvalue weighted by Gasteiger charge is -2.15. The molecule has 4 aromatic rings. The molecule has 3 heterocycles. The third-order valence-electron chi connectivity index (χ3n) is 6.14. The average Bonchev–Trinajstić information content (AvgIpc) is 2.95. The van der Waals surface area contributed by atoms with Gasteiger partial charge in [-0.15, -0.1) is 0 Å². The topological polar surface area (TPSA) is 123 Å². The SMILES string of the molecule is CCCCn1c(=NC(=O)c2cc(OC)c(OC)c(OC)c2)c(C(=O)OCC)cc2c(=O)n3ccccc3nc21. The summed E-state index contributed by atoms with van der Waals surface area (Å²) in [6.07, 6.45) is 3.10. The van der Waals surface area contributed by atoms with E-state index in [4.69, 9.17) is 23.9 Å². The Kier molecular flexibility index (Phi) is 8.28. The van der Waals surface area contributed by atoms with Gasteiger partial charge in [0.2, 0.25) is 5.75 Å². The molecule has 3 aromatic heterocycles. The van der Waals surface area contributed by atoms with Gasteiger partial charge in [0.05, 0.1) is 33.3 Å². The summed E-state index contributed by atoms with van der Waals surface area (Å²) in [6.45, 7) is 4.14. The number of aromatic nitrogens is 3. The molecule has 0 atom stereocenters. The molecule has 0 unspecified atom stereocenters. The minimum absolute atomic E-state index is 0.0176. The van der Waals surface area contributed by atoms with Crippen molar-refractivity contribution in [1.82, 2.24) is 14.0 Å². The van der Waals surface area contributed by atoms with Gasteiger partial charge in [0.1, 0.15) is 16.9 Å². The van der Waals surface area contributed by atoms with Crippen LogP contribution in [0.5, 0.6) is 17.2 Å². The fourth-order valence-electron chi connectivity index (χ4n) is 4.25. The highest BCUT2D eigenvalue weighted by Gasteiger charge is 2.22. The highest BCUT2D eigenvalue weighted by atomic mass is 16.5. The molecule has 39 heavy (non-hydrogen) atoms. The number of amides is 1. The zero-order valence-corrected chi connectivity index (χ0v) is 22.5. The lowest BCUT2D eigenvalue weighted by molar-refractivity contribution is 0.0523. The maximum atomic E-state index is 13.6. The monoisotopic (exact) mass is 534 g/mol. The molecule has 4 rings (SSSR count). The number of unbranched alkanes of at least 4 members (excludes halogenated alkanes) is 1. The van der Waals surface area contributed by atoms with Gasteiger partial charge in [-0.2, -0.15) is 4.99 Å². The van der Waals surface area contributed by atoms with E-state index in [-0.39, 0.29) is 45.7 Å². The number of hydrogen-bond donors (Lipinski definition) is 0. The van der Waals surface area contributed by atoms with Crippen molar-refractivity contribution < 1.29 is 28.5 Å². The first kappa shape index (κ1) is 27.4. The van der Waals surface area contributed by atoms with E-state index in [1.807, 2.05) is 6.92 Å². The molecular formula is C28H30N4O7. The number of methoxy groups -OCH3 is 3. The second-order valence-corrected chi connectivity index (χ2v) is 8.52. The Morgan fingerprint density at radius 2 is 1.72 bits per heavy atom. The summed E-state index contributed by atoms with van der Waals surface area (Å²) in [7, 11) is 4.35. The fourth-order valence-corrected chi connectivity index (χ4v) is 4.25. The second-order valence-electron chi connectivity index (χ2n) is 8.52. The molecule has 0 fully saturated rings. The van der Waals surface area contributed by atoms with Crippen LogP contribution in [0.25, 0.3) is 16.7 Å². The van der Waals surface area contributed by atoms with Crippen molar-refractivity contribution in [2.24, 2.45) is 4.99 Å². The van der Waals surface area contributed by atoms with Gasteiger partial charge in [-0.1, -0.05) is 19.4 Å². The van der Waals surface area contributed by atoms with Crippen LogP contribution in [0.15, 0.2) is 52.4 Å². The third kappa shape index (κ3) is 5.20. The predicted molar refractivity (Wildman–Crippen MR) is 144 cm³/mol. The predicted octanol–water partition coefficient (Wildman–Crippen LogP) is 3.39. The van der Waals surface area contributed by atoms with Crippen molar-refractivity contribution in [3.8, 4) is 17.2 Å². The Labute approximate surface area is 224 Å². The van der Waals surface area contributed by atoms with Crippen LogP contribution in [0.2, 0.25) is 0 Å². The normalized spacial score (nSPS) is 11.6. The van der Waals surface area contributed by atoms with Gasteiger partial charge in [-0.05, 0) is 43.7 Å². The van der Waals surface area contributed by atoms with E-state index in [2.05, 4.69) is 4.99 Å². The largest absolute Gasteiger partial charge is 0.493 e. The molecular weight excluding hydrogens is 504 g/mol. The first-order valence-corrected chi connectivity index (χ1v) is 12.5. The van der Waals surface area contributed by atoms with Gasteiger partial charge in [-0.3, -0.25) is 14.0 Å². The fraction of sp³-hybridized carbons (Fsp3) is 0.321. The average molecular weight is 535 g/mol. The van der Waals surface area contributed by atoms with Gasteiger partial charge >= 0.3 is 5.97 Å². The highest BCUT2D eigenvalue weighted by Crippen LogP contribution is 2.38. The zero-order chi connectivity index (χ0) is 28.1. The highest BCUT2D eigenvalue weighted by molar-refractivity contribution is 5.98. The van der Waals surface area contributed by atoms with E-state index < -0.39 is 11.9 Å². The molecule has 0 bridgehead atoms. The molecule has 204 valence electrons. The molecule has 0 N–H and O–H groups in total. The molecule has 11 nitrogen and oxygen atoms in total. The summed E-state index contributed by atoms with van der Waals surface area (Å²) in [5, 5.41) is 0.206. The van der Waals surface area contributed by atoms with Crippen LogP contribution in [-0.4, -0.2) is 53.8 Å². The van der Waals surface area contributed by atoms with Crippen LogP contribution in [0.1, 0.15) is 47.4 Å². The minimum Gasteiger partial charge on any atom is -0.493 e. The van der Waals surface area contributed by atoms with E-state index in [0.29, 0.717) is 30.0 Å². The summed E-state index contributed by atoms with van der Waals surface area (Å²) in [6, 6.07) is 9.56. The number of carbonyl (C=O) groups excluding carboxylic acids is 2. The molecule has 0 saturated carbocycles. The molecule has 1 aromatic carbocycles.